The Morgan fingerprint density at radius 3 is 2.82 bits per heavy atom. The fourth-order valence-corrected chi connectivity index (χ4v) is 2.43. The number of rotatable bonds is 7. The highest BCUT2D eigenvalue weighted by Crippen LogP contribution is 2.15. The van der Waals surface area contributed by atoms with Gasteiger partial charge >= 0.3 is 0 Å². The number of hydrogen-bond acceptors (Lipinski definition) is 6. The van der Waals surface area contributed by atoms with Crippen LogP contribution in [0.5, 0.6) is 0 Å². The Balaban J connectivity index is 1.65. The Labute approximate surface area is 131 Å². The molecule has 0 aliphatic carbocycles. The molecule has 1 aromatic heterocycles. The summed E-state index contributed by atoms with van der Waals surface area (Å²) in [5.74, 6) is 0.325. The summed E-state index contributed by atoms with van der Waals surface area (Å²) in [5, 5.41) is 3.11. The molecule has 2 heterocycles. The quantitative estimate of drug-likeness (QED) is 0.772. The molecule has 0 atom stereocenters. The van der Waals surface area contributed by atoms with Crippen molar-refractivity contribution in [2.75, 3.05) is 57.6 Å². The van der Waals surface area contributed by atoms with Crippen molar-refractivity contribution in [1.29, 1.82) is 0 Å². The number of anilines is 2. The maximum atomic E-state index is 13.5. The number of nitrogens with zero attached hydrogens (tertiary/aromatic N) is 4. The summed E-state index contributed by atoms with van der Waals surface area (Å²) in [6.07, 6.45) is 4.68. The van der Waals surface area contributed by atoms with Crippen LogP contribution in [0.2, 0.25) is 0 Å². The molecule has 124 valence electrons. The zero-order valence-electron chi connectivity index (χ0n) is 13.7. The van der Waals surface area contributed by atoms with Crippen molar-refractivity contribution in [2.24, 2.45) is 0 Å². The molecule has 0 saturated carbocycles. The van der Waals surface area contributed by atoms with Crippen LogP contribution >= 0.6 is 0 Å². The highest BCUT2D eigenvalue weighted by Gasteiger charge is 2.16. The van der Waals surface area contributed by atoms with E-state index in [1.165, 1.54) is 6.20 Å². The Morgan fingerprint density at radius 2 is 2.14 bits per heavy atom. The van der Waals surface area contributed by atoms with Gasteiger partial charge in [-0.25, -0.2) is 9.37 Å². The van der Waals surface area contributed by atoms with Crippen molar-refractivity contribution in [1.82, 2.24) is 14.9 Å². The van der Waals surface area contributed by atoms with Gasteiger partial charge < -0.3 is 19.9 Å². The van der Waals surface area contributed by atoms with Gasteiger partial charge in [-0.2, -0.15) is 4.98 Å². The van der Waals surface area contributed by atoms with E-state index in [2.05, 4.69) is 27.2 Å². The van der Waals surface area contributed by atoms with Crippen molar-refractivity contribution in [3.05, 3.63) is 12.0 Å². The van der Waals surface area contributed by atoms with E-state index in [1.807, 2.05) is 0 Å². The topological polar surface area (TPSA) is 53.5 Å². The first-order valence-corrected chi connectivity index (χ1v) is 7.80. The molecule has 1 fully saturated rings. The van der Waals surface area contributed by atoms with Crippen LogP contribution in [0.25, 0.3) is 0 Å². The van der Waals surface area contributed by atoms with Gasteiger partial charge in [-0.15, -0.1) is 0 Å². The van der Waals surface area contributed by atoms with Gasteiger partial charge in [-0.1, -0.05) is 0 Å². The normalized spacial score (nSPS) is 16.7. The summed E-state index contributed by atoms with van der Waals surface area (Å²) in [5.41, 5.74) is 0. The van der Waals surface area contributed by atoms with Crippen LogP contribution in [0, 0.1) is 5.82 Å². The van der Waals surface area contributed by atoms with Crippen LogP contribution < -0.4 is 10.2 Å². The average molecular weight is 311 g/mol. The fraction of sp³-hybridized carbons (Fsp3) is 0.733. The molecule has 1 N–H and O–H groups in total. The zero-order chi connectivity index (χ0) is 15.9. The third-order valence-corrected chi connectivity index (χ3v) is 3.77. The molecule has 1 aliphatic heterocycles. The van der Waals surface area contributed by atoms with Crippen molar-refractivity contribution < 1.29 is 9.13 Å². The lowest BCUT2D eigenvalue weighted by atomic mass is 10.1. The molecular formula is C15H26FN5O. The standard InChI is InChI=1S/C15H26FN5O/c1-20(2)14-13(16)11-18-15(19-14)17-7-4-10-22-12-5-8-21(3)9-6-12/h11-12H,4-10H2,1-3H3,(H,17,18,19). The largest absolute Gasteiger partial charge is 0.378 e. The highest BCUT2D eigenvalue weighted by atomic mass is 19.1. The number of hydrogen-bond donors (Lipinski definition) is 1. The lowest BCUT2D eigenvalue weighted by Gasteiger charge is -2.28. The van der Waals surface area contributed by atoms with Crippen LogP contribution in [0.1, 0.15) is 19.3 Å². The lowest BCUT2D eigenvalue weighted by molar-refractivity contribution is 0.0125. The molecule has 0 bridgehead atoms. The molecule has 0 amide bonds. The molecule has 1 aliphatic rings. The van der Waals surface area contributed by atoms with Crippen molar-refractivity contribution in [3.8, 4) is 0 Å². The molecular weight excluding hydrogens is 285 g/mol. The number of likely N-dealkylation sites (tertiary alicyclic amines) is 1. The van der Waals surface area contributed by atoms with Gasteiger partial charge in [0.05, 0.1) is 12.3 Å². The van der Waals surface area contributed by atoms with Crippen LogP contribution in [-0.4, -0.2) is 68.4 Å². The summed E-state index contributed by atoms with van der Waals surface area (Å²) < 4.78 is 19.4. The molecule has 0 radical (unpaired) electrons. The Kier molecular flexibility index (Phi) is 6.33. The van der Waals surface area contributed by atoms with E-state index in [0.717, 1.165) is 39.0 Å². The summed E-state index contributed by atoms with van der Waals surface area (Å²) in [6.45, 7) is 3.66. The van der Waals surface area contributed by atoms with Gasteiger partial charge in [-0.3, -0.25) is 0 Å². The fourth-order valence-electron chi connectivity index (χ4n) is 2.43. The number of nitrogens with one attached hydrogen (secondary N) is 1. The third-order valence-electron chi connectivity index (χ3n) is 3.77. The first-order chi connectivity index (χ1) is 10.6. The number of halogens is 1. The van der Waals surface area contributed by atoms with Gasteiger partial charge in [0.15, 0.2) is 11.6 Å². The maximum Gasteiger partial charge on any atom is 0.224 e. The van der Waals surface area contributed by atoms with Crippen LogP contribution in [0.15, 0.2) is 6.20 Å². The minimum absolute atomic E-state index is 0.292. The molecule has 6 nitrogen and oxygen atoms in total. The smallest absolute Gasteiger partial charge is 0.224 e. The highest BCUT2D eigenvalue weighted by molar-refractivity contribution is 5.42. The molecule has 7 heteroatoms. The summed E-state index contributed by atoms with van der Waals surface area (Å²) in [7, 11) is 5.65. The van der Waals surface area contributed by atoms with E-state index in [4.69, 9.17) is 4.74 Å². The minimum Gasteiger partial charge on any atom is -0.378 e. The van der Waals surface area contributed by atoms with E-state index in [1.54, 1.807) is 19.0 Å². The molecule has 22 heavy (non-hydrogen) atoms. The van der Waals surface area contributed by atoms with Crippen LogP contribution in [-0.2, 0) is 4.74 Å². The summed E-state index contributed by atoms with van der Waals surface area (Å²) in [6, 6.07) is 0. The Bertz CT molecular complexity index is 463. The number of aromatic nitrogens is 2. The molecule has 0 spiro atoms. The summed E-state index contributed by atoms with van der Waals surface area (Å²) >= 11 is 0. The Hall–Kier alpha value is -1.47. The van der Waals surface area contributed by atoms with E-state index >= 15 is 0 Å². The van der Waals surface area contributed by atoms with Crippen molar-refractivity contribution >= 4 is 11.8 Å². The van der Waals surface area contributed by atoms with Crippen molar-refractivity contribution in [2.45, 2.75) is 25.4 Å². The SMILES string of the molecule is CN1CCC(OCCCNc2ncc(F)c(N(C)C)n2)CC1. The van der Waals surface area contributed by atoms with Gasteiger partial charge in [0, 0.05) is 40.3 Å². The lowest BCUT2D eigenvalue weighted by Crippen LogP contribution is -2.34. The molecule has 1 aromatic rings. The van der Waals surface area contributed by atoms with Gasteiger partial charge in [0.2, 0.25) is 5.95 Å². The zero-order valence-corrected chi connectivity index (χ0v) is 13.7. The Morgan fingerprint density at radius 1 is 1.41 bits per heavy atom. The van der Waals surface area contributed by atoms with Crippen molar-refractivity contribution in [3.63, 3.8) is 0 Å². The van der Waals surface area contributed by atoms with Gasteiger partial charge in [0.25, 0.3) is 0 Å². The van der Waals surface area contributed by atoms with E-state index in [9.17, 15) is 4.39 Å². The first-order valence-electron chi connectivity index (χ1n) is 7.80. The third kappa shape index (κ3) is 5.06. The molecule has 0 unspecified atom stereocenters. The second-order valence-corrected chi connectivity index (χ2v) is 5.91. The summed E-state index contributed by atoms with van der Waals surface area (Å²) in [4.78, 5) is 12.1. The van der Waals surface area contributed by atoms with Gasteiger partial charge in [0.1, 0.15) is 0 Å². The van der Waals surface area contributed by atoms with E-state index in [0.29, 0.717) is 24.4 Å². The number of piperidine rings is 1. The predicted molar refractivity (Wildman–Crippen MR) is 85.9 cm³/mol. The van der Waals surface area contributed by atoms with E-state index < -0.39 is 5.82 Å². The van der Waals surface area contributed by atoms with E-state index in [-0.39, 0.29) is 0 Å². The van der Waals surface area contributed by atoms with Crippen LogP contribution in [0.3, 0.4) is 0 Å². The first kappa shape index (κ1) is 16.9. The van der Waals surface area contributed by atoms with Crippen LogP contribution in [0.4, 0.5) is 16.2 Å². The minimum atomic E-state index is -0.416. The van der Waals surface area contributed by atoms with Gasteiger partial charge in [-0.05, 0) is 26.3 Å². The molecule has 2 rings (SSSR count). The predicted octanol–water partition coefficient (Wildman–Crippen LogP) is 1.59. The second-order valence-electron chi connectivity index (χ2n) is 5.91. The average Bonchev–Trinajstić information content (AvgIpc) is 2.50. The number of ether oxygens (including phenoxy) is 1. The molecule has 0 aromatic carbocycles. The maximum absolute atomic E-state index is 13.5. The monoisotopic (exact) mass is 311 g/mol. The molecule has 1 saturated heterocycles. The second kappa shape index (κ2) is 8.24.